The summed E-state index contributed by atoms with van der Waals surface area (Å²) in [7, 11) is 0. The second kappa shape index (κ2) is 4.75. The van der Waals surface area contributed by atoms with E-state index in [9.17, 15) is 4.39 Å². The maximum atomic E-state index is 13.6. The molecule has 0 aliphatic carbocycles. The third kappa shape index (κ3) is 2.26. The van der Waals surface area contributed by atoms with E-state index in [2.05, 4.69) is 18.7 Å². The molecule has 1 heterocycles. The molecule has 2 rings (SSSR count). The highest BCUT2D eigenvalue weighted by molar-refractivity contribution is 5.51. The molecule has 0 spiro atoms. The SMILES string of the molecule is CC1CCCN(c2ccc(C#N)c(F)c2)C1C. The van der Waals surface area contributed by atoms with Crippen molar-refractivity contribution in [2.75, 3.05) is 11.4 Å². The Morgan fingerprint density at radius 1 is 1.41 bits per heavy atom. The van der Waals surface area contributed by atoms with E-state index in [1.54, 1.807) is 6.07 Å². The molecule has 1 aliphatic heterocycles. The van der Waals surface area contributed by atoms with Gasteiger partial charge in [-0.1, -0.05) is 6.92 Å². The standard InChI is InChI=1S/C14H17FN2/c1-10-4-3-7-17(11(10)2)13-6-5-12(9-16)14(15)8-13/h5-6,8,10-11H,3-4,7H2,1-2H3. The number of anilines is 1. The minimum atomic E-state index is -0.421. The van der Waals surface area contributed by atoms with Crippen LogP contribution in [0.1, 0.15) is 32.3 Å². The summed E-state index contributed by atoms with van der Waals surface area (Å²) in [5, 5.41) is 8.71. The average molecular weight is 232 g/mol. The number of piperidine rings is 1. The fourth-order valence-electron chi connectivity index (χ4n) is 2.47. The van der Waals surface area contributed by atoms with Gasteiger partial charge in [-0.25, -0.2) is 4.39 Å². The van der Waals surface area contributed by atoms with E-state index >= 15 is 0 Å². The predicted molar refractivity (Wildman–Crippen MR) is 66.3 cm³/mol. The highest BCUT2D eigenvalue weighted by Gasteiger charge is 2.25. The number of rotatable bonds is 1. The molecule has 1 fully saturated rings. The minimum absolute atomic E-state index is 0.117. The van der Waals surface area contributed by atoms with Crippen LogP contribution in [0.2, 0.25) is 0 Å². The Labute approximate surface area is 102 Å². The van der Waals surface area contributed by atoms with Crippen LogP contribution in [0.3, 0.4) is 0 Å². The lowest BCUT2D eigenvalue weighted by molar-refractivity contribution is 0.363. The predicted octanol–water partition coefficient (Wildman–Crippen LogP) is 3.32. The molecule has 0 saturated carbocycles. The van der Waals surface area contributed by atoms with Crippen LogP contribution in [0.4, 0.5) is 10.1 Å². The molecule has 3 heteroatoms. The first kappa shape index (κ1) is 11.9. The first-order valence-corrected chi connectivity index (χ1v) is 6.09. The topological polar surface area (TPSA) is 27.0 Å². The number of hydrogen-bond acceptors (Lipinski definition) is 2. The highest BCUT2D eigenvalue weighted by Crippen LogP contribution is 2.29. The number of benzene rings is 1. The van der Waals surface area contributed by atoms with Gasteiger partial charge in [0.15, 0.2) is 0 Å². The molecule has 1 saturated heterocycles. The summed E-state index contributed by atoms with van der Waals surface area (Å²) >= 11 is 0. The molecule has 0 N–H and O–H groups in total. The molecule has 2 unspecified atom stereocenters. The Balaban J connectivity index is 2.28. The monoisotopic (exact) mass is 232 g/mol. The summed E-state index contributed by atoms with van der Waals surface area (Å²) in [6, 6.07) is 7.17. The van der Waals surface area contributed by atoms with E-state index in [1.807, 2.05) is 12.1 Å². The third-order valence-electron chi connectivity index (χ3n) is 3.78. The Morgan fingerprint density at radius 2 is 2.18 bits per heavy atom. The van der Waals surface area contributed by atoms with Crippen LogP contribution in [0.25, 0.3) is 0 Å². The first-order valence-electron chi connectivity index (χ1n) is 6.09. The van der Waals surface area contributed by atoms with Gasteiger partial charge in [0.1, 0.15) is 11.9 Å². The van der Waals surface area contributed by atoms with E-state index in [1.165, 1.54) is 12.5 Å². The van der Waals surface area contributed by atoms with Crippen molar-refractivity contribution >= 4 is 5.69 Å². The maximum absolute atomic E-state index is 13.6. The van der Waals surface area contributed by atoms with Gasteiger partial charge in [0.25, 0.3) is 0 Å². The molecule has 0 aromatic heterocycles. The number of nitriles is 1. The zero-order chi connectivity index (χ0) is 12.4. The molecule has 0 radical (unpaired) electrons. The average Bonchev–Trinajstić information content (AvgIpc) is 2.32. The number of nitrogens with zero attached hydrogens (tertiary/aromatic N) is 2. The second-order valence-corrected chi connectivity index (χ2v) is 4.83. The van der Waals surface area contributed by atoms with Crippen LogP contribution in [0.15, 0.2) is 18.2 Å². The lowest BCUT2D eigenvalue weighted by Crippen LogP contribution is -2.42. The zero-order valence-corrected chi connectivity index (χ0v) is 10.3. The minimum Gasteiger partial charge on any atom is -0.368 e. The zero-order valence-electron chi connectivity index (χ0n) is 10.3. The molecule has 17 heavy (non-hydrogen) atoms. The fraction of sp³-hybridized carbons (Fsp3) is 0.500. The summed E-state index contributed by atoms with van der Waals surface area (Å²) in [4.78, 5) is 2.23. The second-order valence-electron chi connectivity index (χ2n) is 4.83. The third-order valence-corrected chi connectivity index (χ3v) is 3.78. The summed E-state index contributed by atoms with van der Waals surface area (Å²) in [5.74, 6) is 0.206. The molecule has 2 atom stereocenters. The molecule has 2 nitrogen and oxygen atoms in total. The van der Waals surface area contributed by atoms with Crippen LogP contribution in [-0.4, -0.2) is 12.6 Å². The van der Waals surface area contributed by atoms with Crippen molar-refractivity contribution in [1.82, 2.24) is 0 Å². The molecule has 1 aromatic rings. The van der Waals surface area contributed by atoms with Crippen LogP contribution in [0.5, 0.6) is 0 Å². The van der Waals surface area contributed by atoms with E-state index in [0.717, 1.165) is 18.7 Å². The van der Waals surface area contributed by atoms with Crippen molar-refractivity contribution in [2.45, 2.75) is 32.7 Å². The molecule has 0 bridgehead atoms. The van der Waals surface area contributed by atoms with Crippen molar-refractivity contribution in [3.05, 3.63) is 29.6 Å². The smallest absolute Gasteiger partial charge is 0.143 e. The first-order chi connectivity index (χ1) is 8.13. The van der Waals surface area contributed by atoms with Crippen molar-refractivity contribution < 1.29 is 4.39 Å². The van der Waals surface area contributed by atoms with Gasteiger partial charge in [-0.2, -0.15) is 5.26 Å². The van der Waals surface area contributed by atoms with Crippen molar-refractivity contribution in [3.63, 3.8) is 0 Å². The van der Waals surface area contributed by atoms with Crippen molar-refractivity contribution in [3.8, 4) is 6.07 Å². The maximum Gasteiger partial charge on any atom is 0.143 e. The van der Waals surface area contributed by atoms with Crippen molar-refractivity contribution in [1.29, 1.82) is 5.26 Å². The Morgan fingerprint density at radius 3 is 2.82 bits per heavy atom. The van der Waals surface area contributed by atoms with Gasteiger partial charge in [0.05, 0.1) is 5.56 Å². The van der Waals surface area contributed by atoms with Gasteiger partial charge >= 0.3 is 0 Å². The molecular formula is C14H17FN2. The lowest BCUT2D eigenvalue weighted by Gasteiger charge is -2.39. The Bertz CT molecular complexity index is 450. The van der Waals surface area contributed by atoms with Gasteiger partial charge in [-0.05, 0) is 43.9 Å². The molecule has 0 amide bonds. The van der Waals surface area contributed by atoms with Crippen LogP contribution < -0.4 is 4.90 Å². The molecule has 90 valence electrons. The molecular weight excluding hydrogens is 215 g/mol. The van der Waals surface area contributed by atoms with Gasteiger partial charge in [-0.3, -0.25) is 0 Å². The lowest BCUT2D eigenvalue weighted by atomic mass is 9.91. The highest BCUT2D eigenvalue weighted by atomic mass is 19.1. The van der Waals surface area contributed by atoms with Gasteiger partial charge in [0, 0.05) is 18.3 Å². The summed E-state index contributed by atoms with van der Waals surface area (Å²) in [6.45, 7) is 5.38. The van der Waals surface area contributed by atoms with Crippen molar-refractivity contribution in [2.24, 2.45) is 5.92 Å². The molecule has 1 aliphatic rings. The Kier molecular flexibility index (Phi) is 3.33. The summed E-state index contributed by atoms with van der Waals surface area (Å²) in [5.41, 5.74) is 1.01. The molecule has 1 aromatic carbocycles. The number of hydrogen-bond donors (Lipinski definition) is 0. The quantitative estimate of drug-likeness (QED) is 0.742. The van der Waals surface area contributed by atoms with Crippen LogP contribution in [-0.2, 0) is 0 Å². The summed E-state index contributed by atoms with van der Waals surface area (Å²) in [6.07, 6.45) is 2.38. The fourth-order valence-corrected chi connectivity index (χ4v) is 2.47. The van der Waals surface area contributed by atoms with Gasteiger partial charge in [-0.15, -0.1) is 0 Å². The van der Waals surface area contributed by atoms with Crippen LogP contribution >= 0.6 is 0 Å². The largest absolute Gasteiger partial charge is 0.368 e. The van der Waals surface area contributed by atoms with E-state index in [4.69, 9.17) is 5.26 Å². The van der Waals surface area contributed by atoms with E-state index < -0.39 is 5.82 Å². The summed E-state index contributed by atoms with van der Waals surface area (Å²) < 4.78 is 13.6. The van der Waals surface area contributed by atoms with Gasteiger partial charge in [0.2, 0.25) is 0 Å². The van der Waals surface area contributed by atoms with Crippen LogP contribution in [0, 0.1) is 23.1 Å². The Hall–Kier alpha value is -1.56. The van der Waals surface area contributed by atoms with Gasteiger partial charge < -0.3 is 4.90 Å². The number of halogens is 1. The van der Waals surface area contributed by atoms with E-state index in [0.29, 0.717) is 12.0 Å². The normalized spacial score (nSPS) is 24.5. The van der Waals surface area contributed by atoms with E-state index in [-0.39, 0.29) is 5.56 Å².